The van der Waals surface area contributed by atoms with Crippen LogP contribution in [0, 0.1) is 11.7 Å². The van der Waals surface area contributed by atoms with E-state index in [1.807, 2.05) is 0 Å². The number of aliphatic carboxylic acids is 1. The molecule has 6 heteroatoms. The van der Waals surface area contributed by atoms with Crippen LogP contribution in [0.5, 0.6) is 0 Å². The maximum absolute atomic E-state index is 13.6. The number of carboxylic acid groups (broad SMARTS) is 1. The van der Waals surface area contributed by atoms with E-state index in [4.69, 9.17) is 16.7 Å². The molecule has 1 fully saturated rings. The summed E-state index contributed by atoms with van der Waals surface area (Å²) in [5.74, 6) is -4.37. The summed E-state index contributed by atoms with van der Waals surface area (Å²) in [6, 6.07) is 4.00. The molecular formula is C11H9ClFNO3. The second-order valence-corrected chi connectivity index (χ2v) is 4.27. The average Bonchev–Trinajstić information content (AvgIpc) is 2.60. The van der Waals surface area contributed by atoms with Crippen LogP contribution in [-0.4, -0.2) is 23.5 Å². The van der Waals surface area contributed by atoms with Crippen molar-refractivity contribution >= 4 is 23.5 Å². The first-order valence-electron chi connectivity index (χ1n) is 4.96. The minimum atomic E-state index is -1.25. The summed E-state index contributed by atoms with van der Waals surface area (Å²) in [6.45, 7) is 0.119. The van der Waals surface area contributed by atoms with Gasteiger partial charge < -0.3 is 10.4 Å². The van der Waals surface area contributed by atoms with Crippen molar-refractivity contribution in [3.63, 3.8) is 0 Å². The molecule has 1 aromatic carbocycles. The normalized spacial score (nSPS) is 23.5. The number of halogens is 2. The van der Waals surface area contributed by atoms with Gasteiger partial charge in [-0.2, -0.15) is 0 Å². The van der Waals surface area contributed by atoms with Crippen LogP contribution < -0.4 is 5.32 Å². The third-order valence-corrected chi connectivity index (χ3v) is 3.04. The Kier molecular flexibility index (Phi) is 3.02. The van der Waals surface area contributed by atoms with E-state index in [0.29, 0.717) is 0 Å². The molecule has 1 aliphatic heterocycles. The Morgan fingerprint density at radius 2 is 2.24 bits per heavy atom. The summed E-state index contributed by atoms with van der Waals surface area (Å²) in [6.07, 6.45) is 0. The minimum Gasteiger partial charge on any atom is -0.481 e. The van der Waals surface area contributed by atoms with E-state index >= 15 is 0 Å². The lowest BCUT2D eigenvalue weighted by atomic mass is 9.88. The van der Waals surface area contributed by atoms with Gasteiger partial charge in [0.05, 0.1) is 0 Å². The van der Waals surface area contributed by atoms with E-state index < -0.39 is 29.5 Å². The SMILES string of the molecule is O=C(O)[C@@H]1C(=O)NC[C@H]1c1ccc(Cl)cc1F. The summed E-state index contributed by atoms with van der Waals surface area (Å²) >= 11 is 5.61. The van der Waals surface area contributed by atoms with Crippen molar-refractivity contribution in [2.24, 2.45) is 5.92 Å². The van der Waals surface area contributed by atoms with Gasteiger partial charge in [0.1, 0.15) is 11.7 Å². The number of nitrogens with one attached hydrogen (secondary N) is 1. The lowest BCUT2D eigenvalue weighted by Gasteiger charge is -2.14. The maximum atomic E-state index is 13.6. The van der Waals surface area contributed by atoms with Crippen LogP contribution in [0.2, 0.25) is 5.02 Å². The Hall–Kier alpha value is -1.62. The zero-order valence-corrected chi connectivity index (χ0v) is 9.37. The third kappa shape index (κ3) is 2.10. The van der Waals surface area contributed by atoms with Crippen molar-refractivity contribution in [1.82, 2.24) is 5.32 Å². The zero-order chi connectivity index (χ0) is 12.6. The summed E-state index contributed by atoms with van der Waals surface area (Å²) in [4.78, 5) is 22.3. The fourth-order valence-corrected chi connectivity index (χ4v) is 2.16. The molecule has 0 aliphatic carbocycles. The highest BCUT2D eigenvalue weighted by Crippen LogP contribution is 2.31. The largest absolute Gasteiger partial charge is 0.481 e. The van der Waals surface area contributed by atoms with E-state index in [0.717, 1.165) is 6.07 Å². The molecule has 0 spiro atoms. The average molecular weight is 258 g/mol. The number of amides is 1. The predicted octanol–water partition coefficient (Wildman–Crippen LogP) is 1.39. The topological polar surface area (TPSA) is 66.4 Å². The van der Waals surface area contributed by atoms with Crippen LogP contribution in [0.3, 0.4) is 0 Å². The summed E-state index contributed by atoms with van der Waals surface area (Å²) < 4.78 is 13.6. The number of carbonyl (C=O) groups is 2. The van der Waals surface area contributed by atoms with Crippen LogP contribution in [0.25, 0.3) is 0 Å². The fourth-order valence-electron chi connectivity index (χ4n) is 2.00. The molecule has 1 saturated heterocycles. The number of hydrogen-bond acceptors (Lipinski definition) is 2. The van der Waals surface area contributed by atoms with Gasteiger partial charge in [-0.15, -0.1) is 0 Å². The van der Waals surface area contributed by atoms with Crippen LogP contribution in [0.15, 0.2) is 18.2 Å². The summed E-state index contributed by atoms with van der Waals surface area (Å²) in [7, 11) is 0. The Morgan fingerprint density at radius 1 is 1.53 bits per heavy atom. The molecule has 17 heavy (non-hydrogen) atoms. The molecule has 0 bridgehead atoms. The smallest absolute Gasteiger partial charge is 0.316 e. The quantitative estimate of drug-likeness (QED) is 0.787. The van der Waals surface area contributed by atoms with E-state index in [1.54, 1.807) is 0 Å². The van der Waals surface area contributed by atoms with E-state index in [1.165, 1.54) is 12.1 Å². The molecule has 1 amide bonds. The van der Waals surface area contributed by atoms with Gasteiger partial charge in [0.2, 0.25) is 5.91 Å². The van der Waals surface area contributed by atoms with Crippen molar-refractivity contribution in [3.05, 3.63) is 34.6 Å². The van der Waals surface area contributed by atoms with Gasteiger partial charge in [-0.3, -0.25) is 9.59 Å². The Balaban J connectivity index is 2.39. The molecule has 0 unspecified atom stereocenters. The Morgan fingerprint density at radius 3 is 2.82 bits per heavy atom. The molecule has 90 valence electrons. The molecular weight excluding hydrogens is 249 g/mol. The molecule has 0 radical (unpaired) electrons. The van der Waals surface area contributed by atoms with Crippen LogP contribution >= 0.6 is 11.6 Å². The molecule has 2 rings (SSSR count). The van der Waals surface area contributed by atoms with E-state index in [9.17, 15) is 14.0 Å². The molecule has 4 nitrogen and oxygen atoms in total. The maximum Gasteiger partial charge on any atom is 0.316 e. The highest BCUT2D eigenvalue weighted by atomic mass is 35.5. The van der Waals surface area contributed by atoms with E-state index in [-0.39, 0.29) is 17.1 Å². The first-order valence-corrected chi connectivity index (χ1v) is 5.34. The van der Waals surface area contributed by atoms with Crippen LogP contribution in [-0.2, 0) is 9.59 Å². The molecule has 0 saturated carbocycles. The Labute approximate surface area is 101 Å². The van der Waals surface area contributed by atoms with Gasteiger partial charge >= 0.3 is 5.97 Å². The van der Waals surface area contributed by atoms with Crippen molar-refractivity contribution in [1.29, 1.82) is 0 Å². The lowest BCUT2D eigenvalue weighted by Crippen LogP contribution is -2.27. The van der Waals surface area contributed by atoms with Gasteiger partial charge in [-0.05, 0) is 17.7 Å². The van der Waals surface area contributed by atoms with Gasteiger partial charge in [0, 0.05) is 17.5 Å². The van der Waals surface area contributed by atoms with Crippen molar-refractivity contribution < 1.29 is 19.1 Å². The van der Waals surface area contributed by atoms with Gasteiger partial charge in [0.25, 0.3) is 0 Å². The van der Waals surface area contributed by atoms with Crippen molar-refractivity contribution in [2.45, 2.75) is 5.92 Å². The molecule has 2 N–H and O–H groups in total. The standard InChI is InChI=1S/C11H9ClFNO3/c12-5-1-2-6(8(13)3-5)7-4-14-10(15)9(7)11(16)17/h1-3,7,9H,4H2,(H,14,15)(H,16,17)/t7-,9-/m0/s1. The minimum absolute atomic E-state index is 0.119. The van der Waals surface area contributed by atoms with Crippen molar-refractivity contribution in [2.75, 3.05) is 6.54 Å². The number of hydrogen-bond donors (Lipinski definition) is 2. The number of benzene rings is 1. The summed E-state index contributed by atoms with van der Waals surface area (Å²) in [5, 5.41) is 11.6. The first-order chi connectivity index (χ1) is 8.00. The predicted molar refractivity (Wildman–Crippen MR) is 58.3 cm³/mol. The van der Waals surface area contributed by atoms with Gasteiger partial charge in [0.15, 0.2) is 0 Å². The molecule has 1 aromatic rings. The number of rotatable bonds is 2. The second kappa shape index (κ2) is 4.33. The highest BCUT2D eigenvalue weighted by Gasteiger charge is 2.42. The van der Waals surface area contributed by atoms with E-state index in [2.05, 4.69) is 5.32 Å². The monoisotopic (exact) mass is 257 g/mol. The fraction of sp³-hybridized carbons (Fsp3) is 0.273. The molecule has 2 atom stereocenters. The van der Waals surface area contributed by atoms with Gasteiger partial charge in [-0.25, -0.2) is 4.39 Å². The number of carboxylic acids is 1. The van der Waals surface area contributed by atoms with Crippen LogP contribution in [0.4, 0.5) is 4.39 Å². The molecule has 1 heterocycles. The first kappa shape index (κ1) is 11.9. The molecule has 1 aliphatic rings. The highest BCUT2D eigenvalue weighted by molar-refractivity contribution is 6.30. The third-order valence-electron chi connectivity index (χ3n) is 2.81. The van der Waals surface area contributed by atoms with Crippen molar-refractivity contribution in [3.8, 4) is 0 Å². The Bertz CT molecular complexity index is 492. The summed E-state index contributed by atoms with van der Waals surface area (Å²) in [5.41, 5.74) is 0.195. The molecule has 0 aromatic heterocycles. The second-order valence-electron chi connectivity index (χ2n) is 3.83. The van der Waals surface area contributed by atoms with Gasteiger partial charge in [-0.1, -0.05) is 17.7 Å². The number of carbonyl (C=O) groups excluding carboxylic acids is 1. The zero-order valence-electron chi connectivity index (χ0n) is 8.61. The lowest BCUT2D eigenvalue weighted by molar-refractivity contribution is -0.145. The van der Waals surface area contributed by atoms with Crippen LogP contribution in [0.1, 0.15) is 11.5 Å².